The molecule has 0 bridgehead atoms. The van der Waals surface area contributed by atoms with Crippen LogP contribution in [0.15, 0.2) is 230 Å². The van der Waals surface area contributed by atoms with E-state index in [0.717, 1.165) is 17.1 Å². The highest BCUT2D eigenvalue weighted by atomic mass is 32.1. The lowest BCUT2D eigenvalue weighted by Crippen LogP contribution is -2.28. The van der Waals surface area contributed by atoms with Crippen molar-refractivity contribution in [3.63, 3.8) is 0 Å². The average molecular weight is 796 g/mol. The standard InChI is InChI=1S/C59H41NS/c1-40-39-61-57-38-47(30-33-48(40)57)60(45-32-35-55-52(36-45)50-27-15-17-29-54(50)58(55,41-18-6-2-7-19-41)42-20-8-3-9-21-42)46-31-34-51-49-26-14-16-28-53(49)59(56(51)37-46,43-22-10-4-11-23-43)44-24-12-5-13-25-44/h2-39H,1H3. The highest BCUT2D eigenvalue weighted by molar-refractivity contribution is 7.17. The van der Waals surface area contributed by atoms with Crippen LogP contribution in [0.25, 0.3) is 32.3 Å². The van der Waals surface area contributed by atoms with Crippen LogP contribution in [0.4, 0.5) is 17.1 Å². The Morgan fingerprint density at radius 1 is 0.344 bits per heavy atom. The van der Waals surface area contributed by atoms with Gasteiger partial charge in [-0.15, -0.1) is 11.3 Å². The van der Waals surface area contributed by atoms with Crippen molar-refractivity contribution in [3.05, 3.63) is 280 Å². The summed E-state index contributed by atoms with van der Waals surface area (Å²) in [7, 11) is 0. The quantitative estimate of drug-likeness (QED) is 0.155. The van der Waals surface area contributed by atoms with Crippen molar-refractivity contribution in [3.8, 4) is 22.3 Å². The smallest absolute Gasteiger partial charge is 0.0714 e. The van der Waals surface area contributed by atoms with Gasteiger partial charge in [-0.3, -0.25) is 0 Å². The summed E-state index contributed by atoms with van der Waals surface area (Å²) in [4.78, 5) is 2.49. The molecule has 61 heavy (non-hydrogen) atoms. The van der Waals surface area contributed by atoms with Crippen LogP contribution >= 0.6 is 11.3 Å². The van der Waals surface area contributed by atoms with Crippen LogP contribution in [-0.2, 0) is 10.8 Å². The van der Waals surface area contributed by atoms with Gasteiger partial charge in [0.05, 0.1) is 10.8 Å². The molecule has 0 radical (unpaired) electrons. The van der Waals surface area contributed by atoms with E-state index in [9.17, 15) is 0 Å². The summed E-state index contributed by atoms with van der Waals surface area (Å²) in [6.45, 7) is 2.21. The summed E-state index contributed by atoms with van der Waals surface area (Å²) >= 11 is 1.82. The third kappa shape index (κ3) is 5.13. The summed E-state index contributed by atoms with van der Waals surface area (Å²) in [5.41, 5.74) is 19.1. The first kappa shape index (κ1) is 35.7. The summed E-state index contributed by atoms with van der Waals surface area (Å²) < 4.78 is 1.29. The van der Waals surface area contributed by atoms with E-state index >= 15 is 0 Å². The Balaban J connectivity index is 1.13. The molecule has 1 nitrogen and oxygen atoms in total. The van der Waals surface area contributed by atoms with Crippen LogP contribution < -0.4 is 4.90 Å². The molecule has 9 aromatic carbocycles. The van der Waals surface area contributed by atoms with Gasteiger partial charge in [0.15, 0.2) is 0 Å². The fourth-order valence-corrected chi connectivity index (χ4v) is 11.9. The summed E-state index contributed by atoms with van der Waals surface area (Å²) in [5.74, 6) is 0. The van der Waals surface area contributed by atoms with Crippen molar-refractivity contribution >= 4 is 38.5 Å². The van der Waals surface area contributed by atoms with Crippen LogP contribution in [-0.4, -0.2) is 0 Å². The minimum atomic E-state index is -0.507. The molecule has 2 aliphatic carbocycles. The molecule has 0 aliphatic heterocycles. The maximum absolute atomic E-state index is 2.49. The highest BCUT2D eigenvalue weighted by Gasteiger charge is 2.48. The zero-order valence-corrected chi connectivity index (χ0v) is 34.6. The average Bonchev–Trinajstić information content (AvgIpc) is 3.96. The Morgan fingerprint density at radius 2 is 0.754 bits per heavy atom. The maximum atomic E-state index is 2.49. The zero-order chi connectivity index (χ0) is 40.5. The second-order valence-electron chi connectivity index (χ2n) is 16.4. The predicted octanol–water partition coefficient (Wildman–Crippen LogP) is 15.4. The number of benzene rings is 9. The molecule has 0 unspecified atom stereocenters. The lowest BCUT2D eigenvalue weighted by atomic mass is 9.67. The number of fused-ring (bicyclic) bond motifs is 7. The molecular weight excluding hydrogens is 755 g/mol. The van der Waals surface area contributed by atoms with E-state index in [1.54, 1.807) is 0 Å². The number of anilines is 3. The van der Waals surface area contributed by atoms with E-state index in [2.05, 4.69) is 242 Å². The molecule has 288 valence electrons. The monoisotopic (exact) mass is 795 g/mol. The number of hydrogen-bond acceptors (Lipinski definition) is 2. The fraction of sp³-hybridized carbons (Fsp3) is 0.0508. The Labute approximate surface area is 361 Å². The van der Waals surface area contributed by atoms with Gasteiger partial charge in [-0.05, 0) is 126 Å². The molecule has 0 N–H and O–H groups in total. The minimum Gasteiger partial charge on any atom is -0.310 e. The first-order chi connectivity index (χ1) is 30.2. The van der Waals surface area contributed by atoms with Crippen molar-refractivity contribution in [2.24, 2.45) is 0 Å². The molecular formula is C59H41NS. The van der Waals surface area contributed by atoms with E-state index in [-0.39, 0.29) is 0 Å². The maximum Gasteiger partial charge on any atom is 0.0714 e. The second kappa shape index (κ2) is 13.9. The Hall–Kier alpha value is -7.26. The molecule has 0 spiro atoms. The normalized spacial score (nSPS) is 13.9. The molecule has 10 aromatic rings. The summed E-state index contributed by atoms with van der Waals surface area (Å²) in [6.07, 6.45) is 0. The Bertz CT molecular complexity index is 3180. The van der Waals surface area contributed by atoms with Gasteiger partial charge in [0.25, 0.3) is 0 Å². The third-order valence-electron chi connectivity index (χ3n) is 13.4. The van der Waals surface area contributed by atoms with Crippen molar-refractivity contribution in [1.29, 1.82) is 0 Å². The van der Waals surface area contributed by atoms with Crippen molar-refractivity contribution < 1.29 is 0 Å². The third-order valence-corrected chi connectivity index (χ3v) is 14.5. The number of thiophene rings is 1. The highest BCUT2D eigenvalue weighted by Crippen LogP contribution is 2.59. The zero-order valence-electron chi connectivity index (χ0n) is 33.8. The number of rotatable bonds is 7. The Kier molecular flexibility index (Phi) is 8.13. The van der Waals surface area contributed by atoms with E-state index in [4.69, 9.17) is 0 Å². The molecule has 2 aliphatic rings. The van der Waals surface area contributed by atoms with Gasteiger partial charge in [0.2, 0.25) is 0 Å². The first-order valence-corrected chi connectivity index (χ1v) is 22.0. The van der Waals surface area contributed by atoms with Gasteiger partial charge in [0, 0.05) is 21.8 Å². The predicted molar refractivity (Wildman–Crippen MR) is 256 cm³/mol. The van der Waals surface area contributed by atoms with Crippen molar-refractivity contribution in [1.82, 2.24) is 0 Å². The fourth-order valence-electron chi connectivity index (χ4n) is 10.9. The molecule has 12 rings (SSSR count). The van der Waals surface area contributed by atoms with Crippen molar-refractivity contribution in [2.45, 2.75) is 17.8 Å². The van der Waals surface area contributed by atoms with Gasteiger partial charge < -0.3 is 4.90 Å². The lowest BCUT2D eigenvalue weighted by molar-refractivity contribution is 0.768. The first-order valence-electron chi connectivity index (χ1n) is 21.2. The van der Waals surface area contributed by atoms with E-state index < -0.39 is 10.8 Å². The number of nitrogens with zero attached hydrogens (tertiary/aromatic N) is 1. The van der Waals surface area contributed by atoms with E-state index in [1.165, 1.54) is 82.4 Å². The lowest BCUT2D eigenvalue weighted by Gasteiger charge is -2.35. The van der Waals surface area contributed by atoms with Crippen molar-refractivity contribution in [2.75, 3.05) is 4.90 Å². The molecule has 0 saturated carbocycles. The van der Waals surface area contributed by atoms with Gasteiger partial charge in [-0.25, -0.2) is 0 Å². The topological polar surface area (TPSA) is 3.24 Å². The minimum absolute atomic E-state index is 0.463. The molecule has 1 heterocycles. The van der Waals surface area contributed by atoms with Crippen LogP contribution in [0.5, 0.6) is 0 Å². The Morgan fingerprint density at radius 3 is 1.33 bits per heavy atom. The van der Waals surface area contributed by atoms with Crippen LogP contribution in [0.1, 0.15) is 50.1 Å². The van der Waals surface area contributed by atoms with Gasteiger partial charge in [0.1, 0.15) is 0 Å². The van der Waals surface area contributed by atoms with Gasteiger partial charge in [-0.2, -0.15) is 0 Å². The summed E-state index contributed by atoms with van der Waals surface area (Å²) in [5, 5.41) is 3.59. The molecule has 0 amide bonds. The van der Waals surface area contributed by atoms with E-state index in [1.807, 2.05) is 11.3 Å². The van der Waals surface area contributed by atoms with E-state index in [0.29, 0.717) is 0 Å². The second-order valence-corrected chi connectivity index (χ2v) is 17.4. The van der Waals surface area contributed by atoms with Gasteiger partial charge in [-0.1, -0.05) is 188 Å². The number of aryl methyl sites for hydroxylation is 1. The molecule has 2 heteroatoms. The molecule has 0 fully saturated rings. The number of hydrogen-bond donors (Lipinski definition) is 0. The summed E-state index contributed by atoms with van der Waals surface area (Å²) in [6, 6.07) is 83.8. The van der Waals surface area contributed by atoms with Crippen LogP contribution in [0.2, 0.25) is 0 Å². The SMILES string of the molecule is Cc1csc2cc(N(c3ccc4c(c3)-c3ccccc3C4(c3ccccc3)c3ccccc3)c3ccc4c(c3)C(c3ccccc3)(c3ccccc3)c3ccccc3-4)ccc12. The molecule has 0 saturated heterocycles. The molecule has 0 atom stereocenters. The van der Waals surface area contributed by atoms with Crippen LogP contribution in [0, 0.1) is 6.92 Å². The molecule has 1 aromatic heterocycles. The van der Waals surface area contributed by atoms with Crippen LogP contribution in [0.3, 0.4) is 0 Å². The van der Waals surface area contributed by atoms with Gasteiger partial charge >= 0.3 is 0 Å². The largest absolute Gasteiger partial charge is 0.310 e.